The molecule has 7 nitrogen and oxygen atoms in total. The third kappa shape index (κ3) is 4.25. The summed E-state index contributed by atoms with van der Waals surface area (Å²) in [5.74, 6) is 1.33. The zero-order chi connectivity index (χ0) is 17.6. The molecule has 132 valence electrons. The standard InChI is InChI=1S/C17H22BrN7/c1-3-13(4-2)22-17-23-15(16-21-11-14(18)25(16)24-17)20-10-7-12-5-8-19-9-6-12/h5-6,8-9,11,13H,3-4,7,10H2,1-2H3,(H2,20,22,23,24). The number of imidazole rings is 1. The first-order valence-corrected chi connectivity index (χ1v) is 9.31. The Balaban J connectivity index is 1.80. The van der Waals surface area contributed by atoms with Gasteiger partial charge in [-0.3, -0.25) is 4.98 Å². The molecule has 8 heteroatoms. The lowest BCUT2D eigenvalue weighted by Gasteiger charge is -2.16. The van der Waals surface area contributed by atoms with Crippen molar-refractivity contribution in [2.75, 3.05) is 17.2 Å². The number of hydrogen-bond donors (Lipinski definition) is 2. The summed E-state index contributed by atoms with van der Waals surface area (Å²) in [6, 6.07) is 4.39. The number of nitrogens with one attached hydrogen (secondary N) is 2. The van der Waals surface area contributed by atoms with Crippen molar-refractivity contribution in [3.8, 4) is 0 Å². The van der Waals surface area contributed by atoms with Crippen molar-refractivity contribution in [3.05, 3.63) is 40.9 Å². The van der Waals surface area contributed by atoms with Crippen LogP contribution in [0.3, 0.4) is 0 Å². The molecule has 0 aromatic carbocycles. The molecule has 0 amide bonds. The SMILES string of the molecule is CCC(CC)Nc1nc(NCCc2ccncc2)c2ncc(Br)n2n1. The molecule has 0 unspecified atom stereocenters. The molecular weight excluding hydrogens is 382 g/mol. The molecule has 0 aliphatic heterocycles. The van der Waals surface area contributed by atoms with Crippen LogP contribution in [0.2, 0.25) is 0 Å². The van der Waals surface area contributed by atoms with Crippen molar-refractivity contribution >= 4 is 33.3 Å². The van der Waals surface area contributed by atoms with E-state index >= 15 is 0 Å². The number of anilines is 2. The molecule has 0 saturated carbocycles. The smallest absolute Gasteiger partial charge is 0.243 e. The maximum atomic E-state index is 4.63. The van der Waals surface area contributed by atoms with Crippen molar-refractivity contribution in [3.63, 3.8) is 0 Å². The van der Waals surface area contributed by atoms with Crippen molar-refractivity contribution < 1.29 is 0 Å². The first-order chi connectivity index (χ1) is 12.2. The Morgan fingerprint density at radius 2 is 1.96 bits per heavy atom. The molecule has 0 bridgehead atoms. The van der Waals surface area contributed by atoms with Crippen molar-refractivity contribution in [1.29, 1.82) is 0 Å². The molecule has 3 aromatic rings. The second-order valence-electron chi connectivity index (χ2n) is 5.79. The topological polar surface area (TPSA) is 80.0 Å². The summed E-state index contributed by atoms with van der Waals surface area (Å²) in [6.07, 6.45) is 8.28. The van der Waals surface area contributed by atoms with E-state index in [1.165, 1.54) is 5.56 Å². The maximum absolute atomic E-state index is 4.63. The molecule has 3 aromatic heterocycles. The van der Waals surface area contributed by atoms with Gasteiger partial charge in [-0.15, -0.1) is 5.10 Å². The van der Waals surface area contributed by atoms with Crippen molar-refractivity contribution in [2.24, 2.45) is 0 Å². The molecule has 0 aliphatic carbocycles. The van der Waals surface area contributed by atoms with Gasteiger partial charge >= 0.3 is 0 Å². The molecule has 0 fully saturated rings. The minimum absolute atomic E-state index is 0.351. The van der Waals surface area contributed by atoms with Gasteiger partial charge in [0.2, 0.25) is 5.95 Å². The summed E-state index contributed by atoms with van der Waals surface area (Å²) in [5.41, 5.74) is 1.93. The van der Waals surface area contributed by atoms with E-state index in [0.717, 1.165) is 36.2 Å². The number of halogens is 1. The molecule has 25 heavy (non-hydrogen) atoms. The van der Waals surface area contributed by atoms with Crippen LogP contribution in [-0.4, -0.2) is 37.2 Å². The van der Waals surface area contributed by atoms with Gasteiger partial charge in [-0.05, 0) is 52.9 Å². The lowest BCUT2D eigenvalue weighted by Crippen LogP contribution is -2.20. The fraction of sp³-hybridized carbons (Fsp3) is 0.412. The summed E-state index contributed by atoms with van der Waals surface area (Å²) >= 11 is 3.49. The number of rotatable bonds is 8. The van der Waals surface area contributed by atoms with Crippen molar-refractivity contribution in [1.82, 2.24) is 24.6 Å². The van der Waals surface area contributed by atoms with Gasteiger partial charge in [0.1, 0.15) is 4.60 Å². The number of fused-ring (bicyclic) bond motifs is 1. The molecule has 2 N–H and O–H groups in total. The minimum atomic E-state index is 0.351. The van der Waals surface area contributed by atoms with Gasteiger partial charge in [0.15, 0.2) is 11.5 Å². The first-order valence-electron chi connectivity index (χ1n) is 8.51. The molecule has 0 radical (unpaired) electrons. The number of hydrogen-bond acceptors (Lipinski definition) is 6. The largest absolute Gasteiger partial charge is 0.366 e. The second kappa shape index (κ2) is 8.24. The van der Waals surface area contributed by atoms with E-state index in [-0.39, 0.29) is 0 Å². The Labute approximate surface area is 155 Å². The Kier molecular flexibility index (Phi) is 5.80. The second-order valence-corrected chi connectivity index (χ2v) is 6.60. The quantitative estimate of drug-likeness (QED) is 0.598. The average molecular weight is 404 g/mol. The van der Waals surface area contributed by atoms with Crippen LogP contribution in [0.4, 0.5) is 11.8 Å². The molecule has 3 rings (SSSR count). The van der Waals surface area contributed by atoms with Gasteiger partial charge in [0.25, 0.3) is 0 Å². The van der Waals surface area contributed by atoms with Gasteiger partial charge in [-0.1, -0.05) is 13.8 Å². The minimum Gasteiger partial charge on any atom is -0.366 e. The van der Waals surface area contributed by atoms with Gasteiger partial charge in [-0.25, -0.2) is 4.98 Å². The molecule has 0 saturated heterocycles. The molecule has 3 heterocycles. The summed E-state index contributed by atoms with van der Waals surface area (Å²) in [6.45, 7) is 5.06. The Bertz CT molecular complexity index is 814. The normalized spacial score (nSPS) is 11.2. The number of pyridine rings is 1. The fourth-order valence-electron chi connectivity index (χ4n) is 2.58. The highest BCUT2D eigenvalue weighted by molar-refractivity contribution is 9.10. The van der Waals surface area contributed by atoms with E-state index in [4.69, 9.17) is 0 Å². The molecule has 0 atom stereocenters. The Hall–Kier alpha value is -2.22. The van der Waals surface area contributed by atoms with E-state index in [1.54, 1.807) is 10.7 Å². The molecule has 0 aliphatic rings. The van der Waals surface area contributed by atoms with Crippen LogP contribution in [0.25, 0.3) is 5.65 Å². The highest BCUT2D eigenvalue weighted by Gasteiger charge is 2.13. The number of nitrogens with zero attached hydrogens (tertiary/aromatic N) is 5. The summed E-state index contributed by atoms with van der Waals surface area (Å²) in [4.78, 5) is 13.1. The first kappa shape index (κ1) is 17.6. The van der Waals surface area contributed by atoms with Gasteiger partial charge in [0.05, 0.1) is 6.20 Å². The van der Waals surface area contributed by atoms with Crippen LogP contribution in [0.5, 0.6) is 0 Å². The Morgan fingerprint density at radius 1 is 1.20 bits per heavy atom. The van der Waals surface area contributed by atoms with E-state index in [2.05, 4.69) is 60.5 Å². The van der Waals surface area contributed by atoms with E-state index in [9.17, 15) is 0 Å². The van der Waals surface area contributed by atoms with Crippen LogP contribution >= 0.6 is 15.9 Å². The van der Waals surface area contributed by atoms with Crippen LogP contribution in [0.15, 0.2) is 35.3 Å². The molecule has 0 spiro atoms. The lowest BCUT2D eigenvalue weighted by molar-refractivity contribution is 0.659. The predicted molar refractivity (Wildman–Crippen MR) is 103 cm³/mol. The summed E-state index contributed by atoms with van der Waals surface area (Å²) in [5, 5.41) is 11.3. The Morgan fingerprint density at radius 3 is 2.68 bits per heavy atom. The van der Waals surface area contributed by atoms with Gasteiger partial charge in [0, 0.05) is 25.0 Å². The van der Waals surface area contributed by atoms with Crippen molar-refractivity contribution in [2.45, 2.75) is 39.2 Å². The zero-order valence-corrected chi connectivity index (χ0v) is 16.0. The van der Waals surface area contributed by atoms with E-state index < -0.39 is 0 Å². The van der Waals surface area contributed by atoms with E-state index in [0.29, 0.717) is 17.6 Å². The third-order valence-electron chi connectivity index (χ3n) is 4.09. The predicted octanol–water partition coefficient (Wildman–Crippen LogP) is 3.54. The summed E-state index contributed by atoms with van der Waals surface area (Å²) in [7, 11) is 0. The highest BCUT2D eigenvalue weighted by Crippen LogP contribution is 2.20. The van der Waals surface area contributed by atoms with Crippen LogP contribution < -0.4 is 10.6 Å². The van der Waals surface area contributed by atoms with E-state index in [1.807, 2.05) is 24.5 Å². The molecular formula is C17H22BrN7. The summed E-state index contributed by atoms with van der Waals surface area (Å²) < 4.78 is 2.56. The van der Waals surface area contributed by atoms with Gasteiger partial charge in [-0.2, -0.15) is 9.50 Å². The highest BCUT2D eigenvalue weighted by atomic mass is 79.9. The van der Waals surface area contributed by atoms with Crippen LogP contribution in [0, 0.1) is 0 Å². The maximum Gasteiger partial charge on any atom is 0.243 e. The monoisotopic (exact) mass is 403 g/mol. The van der Waals surface area contributed by atoms with Crippen LogP contribution in [-0.2, 0) is 6.42 Å². The third-order valence-corrected chi connectivity index (χ3v) is 4.64. The lowest BCUT2D eigenvalue weighted by atomic mass is 10.2. The van der Waals surface area contributed by atoms with Gasteiger partial charge < -0.3 is 10.6 Å². The number of aromatic nitrogens is 5. The fourth-order valence-corrected chi connectivity index (χ4v) is 2.93. The van der Waals surface area contributed by atoms with Crippen LogP contribution in [0.1, 0.15) is 32.3 Å². The average Bonchev–Trinajstić information content (AvgIpc) is 3.02. The zero-order valence-electron chi connectivity index (χ0n) is 14.4.